The molecule has 3 amide bonds. The van der Waals surface area contributed by atoms with Gasteiger partial charge in [0, 0.05) is 24.7 Å². The Morgan fingerprint density at radius 1 is 1.07 bits per heavy atom. The molecule has 0 saturated heterocycles. The first-order chi connectivity index (χ1) is 14.4. The third kappa shape index (κ3) is 7.09. The largest absolute Gasteiger partial charge is 0.497 e. The number of nitrogens with one attached hydrogen (secondary N) is 3. The van der Waals surface area contributed by atoms with Gasteiger partial charge in [-0.3, -0.25) is 14.4 Å². The predicted octanol–water partition coefficient (Wildman–Crippen LogP) is 2.28. The van der Waals surface area contributed by atoms with Crippen LogP contribution in [-0.2, 0) is 16.1 Å². The summed E-state index contributed by atoms with van der Waals surface area (Å²) in [6.45, 7) is 4.27. The maximum atomic E-state index is 12.3. The second-order valence-corrected chi connectivity index (χ2v) is 6.61. The van der Waals surface area contributed by atoms with Crippen LogP contribution in [0, 0.1) is 0 Å². The van der Waals surface area contributed by atoms with Crippen LogP contribution in [0.25, 0.3) is 6.08 Å². The van der Waals surface area contributed by atoms with Gasteiger partial charge in [-0.1, -0.05) is 24.3 Å². The number of methoxy groups -OCH3 is 1. The van der Waals surface area contributed by atoms with Crippen molar-refractivity contribution in [3.05, 3.63) is 71.3 Å². The van der Waals surface area contributed by atoms with Crippen LogP contribution in [0.5, 0.6) is 5.75 Å². The number of ether oxygens (including phenoxy) is 1. The number of rotatable bonds is 9. The lowest BCUT2D eigenvalue weighted by Gasteiger charge is -2.13. The molecule has 0 aliphatic carbocycles. The van der Waals surface area contributed by atoms with Crippen LogP contribution in [0.3, 0.4) is 0 Å². The Hall–Kier alpha value is -3.61. The molecule has 1 atom stereocenters. The smallest absolute Gasteiger partial charge is 0.251 e. The van der Waals surface area contributed by atoms with Gasteiger partial charge >= 0.3 is 0 Å². The van der Waals surface area contributed by atoms with Gasteiger partial charge in [-0.2, -0.15) is 0 Å². The SMILES string of the molecule is CCNC(=O)c1cccc(CNC(=O)C(C)NC(=O)/C=C/c2ccc(OC)cc2)c1. The second kappa shape index (κ2) is 11.4. The van der Waals surface area contributed by atoms with E-state index in [0.717, 1.165) is 16.9 Å². The molecule has 3 N–H and O–H groups in total. The van der Waals surface area contributed by atoms with Gasteiger partial charge in [0.2, 0.25) is 11.8 Å². The molecule has 0 radical (unpaired) electrons. The van der Waals surface area contributed by atoms with Crippen LogP contribution in [0.4, 0.5) is 0 Å². The van der Waals surface area contributed by atoms with Crippen molar-refractivity contribution >= 4 is 23.8 Å². The number of amides is 3. The van der Waals surface area contributed by atoms with Crippen molar-refractivity contribution in [1.29, 1.82) is 0 Å². The predicted molar refractivity (Wildman–Crippen MR) is 116 cm³/mol. The fourth-order valence-electron chi connectivity index (χ4n) is 2.64. The van der Waals surface area contributed by atoms with Crippen molar-refractivity contribution in [2.75, 3.05) is 13.7 Å². The topological polar surface area (TPSA) is 96.5 Å². The molecule has 0 aromatic heterocycles. The van der Waals surface area contributed by atoms with E-state index in [1.807, 2.05) is 25.1 Å². The highest BCUT2D eigenvalue weighted by Crippen LogP contribution is 2.12. The van der Waals surface area contributed by atoms with Crippen molar-refractivity contribution in [1.82, 2.24) is 16.0 Å². The average Bonchev–Trinajstić information content (AvgIpc) is 2.76. The Bertz CT molecular complexity index is 907. The van der Waals surface area contributed by atoms with Crippen LogP contribution < -0.4 is 20.7 Å². The summed E-state index contributed by atoms with van der Waals surface area (Å²) in [6.07, 6.45) is 3.04. The zero-order valence-corrected chi connectivity index (χ0v) is 17.4. The number of hydrogen-bond donors (Lipinski definition) is 3. The third-order valence-corrected chi connectivity index (χ3v) is 4.29. The first-order valence-electron chi connectivity index (χ1n) is 9.70. The van der Waals surface area contributed by atoms with E-state index in [4.69, 9.17) is 4.74 Å². The van der Waals surface area contributed by atoms with Gasteiger partial charge in [-0.15, -0.1) is 0 Å². The van der Waals surface area contributed by atoms with Gasteiger partial charge < -0.3 is 20.7 Å². The molecule has 0 heterocycles. The Balaban J connectivity index is 1.84. The summed E-state index contributed by atoms with van der Waals surface area (Å²) in [5, 5.41) is 8.13. The summed E-state index contributed by atoms with van der Waals surface area (Å²) in [5.41, 5.74) is 2.17. The van der Waals surface area contributed by atoms with E-state index >= 15 is 0 Å². The molecule has 1 unspecified atom stereocenters. The lowest BCUT2D eigenvalue weighted by molar-refractivity contribution is -0.126. The fourth-order valence-corrected chi connectivity index (χ4v) is 2.64. The van der Waals surface area contributed by atoms with E-state index in [-0.39, 0.29) is 24.3 Å². The van der Waals surface area contributed by atoms with E-state index < -0.39 is 6.04 Å². The molecule has 2 aromatic rings. The van der Waals surface area contributed by atoms with Crippen molar-refractivity contribution in [2.45, 2.75) is 26.4 Å². The van der Waals surface area contributed by atoms with E-state index in [0.29, 0.717) is 12.1 Å². The van der Waals surface area contributed by atoms with Gasteiger partial charge in [0.15, 0.2) is 0 Å². The summed E-state index contributed by atoms with van der Waals surface area (Å²) < 4.78 is 5.09. The molecular formula is C23H27N3O4. The lowest BCUT2D eigenvalue weighted by Crippen LogP contribution is -2.44. The zero-order chi connectivity index (χ0) is 21.9. The molecule has 7 nitrogen and oxygen atoms in total. The molecule has 0 spiro atoms. The monoisotopic (exact) mass is 409 g/mol. The summed E-state index contributed by atoms with van der Waals surface area (Å²) in [4.78, 5) is 36.2. The van der Waals surface area contributed by atoms with Crippen molar-refractivity contribution in [2.24, 2.45) is 0 Å². The zero-order valence-electron chi connectivity index (χ0n) is 17.4. The van der Waals surface area contributed by atoms with Crippen LogP contribution in [0.15, 0.2) is 54.6 Å². The number of carbonyl (C=O) groups is 3. The normalized spacial score (nSPS) is 11.6. The lowest BCUT2D eigenvalue weighted by atomic mass is 10.1. The second-order valence-electron chi connectivity index (χ2n) is 6.61. The van der Waals surface area contributed by atoms with E-state index in [1.165, 1.54) is 6.08 Å². The third-order valence-electron chi connectivity index (χ3n) is 4.29. The van der Waals surface area contributed by atoms with Gasteiger partial charge in [0.25, 0.3) is 5.91 Å². The number of carbonyl (C=O) groups excluding carboxylic acids is 3. The van der Waals surface area contributed by atoms with Gasteiger partial charge in [-0.25, -0.2) is 0 Å². The van der Waals surface area contributed by atoms with Crippen LogP contribution >= 0.6 is 0 Å². The maximum absolute atomic E-state index is 12.3. The number of benzene rings is 2. The van der Waals surface area contributed by atoms with E-state index in [9.17, 15) is 14.4 Å². The Kier molecular flexibility index (Phi) is 8.62. The van der Waals surface area contributed by atoms with Crippen molar-refractivity contribution in [3.63, 3.8) is 0 Å². The average molecular weight is 409 g/mol. The van der Waals surface area contributed by atoms with Crippen LogP contribution in [0.2, 0.25) is 0 Å². The number of hydrogen-bond acceptors (Lipinski definition) is 4. The summed E-state index contributed by atoms with van der Waals surface area (Å²) in [6, 6.07) is 13.6. The van der Waals surface area contributed by atoms with Crippen molar-refractivity contribution in [3.8, 4) is 5.75 Å². The molecule has 0 aliphatic rings. The highest BCUT2D eigenvalue weighted by atomic mass is 16.5. The summed E-state index contributed by atoms with van der Waals surface area (Å²) >= 11 is 0. The quantitative estimate of drug-likeness (QED) is 0.554. The molecule has 2 aromatic carbocycles. The molecule has 0 aliphatic heterocycles. The molecule has 30 heavy (non-hydrogen) atoms. The summed E-state index contributed by atoms with van der Waals surface area (Å²) in [5.74, 6) is -0.107. The minimum Gasteiger partial charge on any atom is -0.497 e. The minimum atomic E-state index is -0.704. The van der Waals surface area contributed by atoms with Gasteiger partial charge in [0.1, 0.15) is 11.8 Å². The maximum Gasteiger partial charge on any atom is 0.251 e. The highest BCUT2D eigenvalue weighted by Gasteiger charge is 2.14. The summed E-state index contributed by atoms with van der Waals surface area (Å²) in [7, 11) is 1.59. The van der Waals surface area contributed by atoms with Crippen LogP contribution in [0.1, 0.15) is 35.3 Å². The van der Waals surface area contributed by atoms with Crippen molar-refractivity contribution < 1.29 is 19.1 Å². The Morgan fingerprint density at radius 2 is 1.80 bits per heavy atom. The molecule has 0 fully saturated rings. The minimum absolute atomic E-state index is 0.157. The molecule has 7 heteroatoms. The Labute approximate surface area is 176 Å². The fraction of sp³-hybridized carbons (Fsp3) is 0.261. The Morgan fingerprint density at radius 3 is 2.47 bits per heavy atom. The first-order valence-corrected chi connectivity index (χ1v) is 9.70. The first kappa shape index (κ1) is 22.7. The molecule has 158 valence electrons. The molecule has 2 rings (SSSR count). The molecular weight excluding hydrogens is 382 g/mol. The van der Waals surface area contributed by atoms with E-state index in [2.05, 4.69) is 16.0 Å². The standard InChI is InChI=1S/C23H27N3O4/c1-4-24-23(29)19-7-5-6-18(14-19)15-25-22(28)16(2)26-21(27)13-10-17-8-11-20(30-3)12-9-17/h5-14,16H,4,15H2,1-3H3,(H,24,29)(H,25,28)(H,26,27)/b13-10+. The molecule has 0 saturated carbocycles. The van der Waals surface area contributed by atoms with Gasteiger partial charge in [0.05, 0.1) is 7.11 Å². The van der Waals surface area contributed by atoms with E-state index in [1.54, 1.807) is 50.4 Å². The molecule has 0 bridgehead atoms. The van der Waals surface area contributed by atoms with Crippen LogP contribution in [-0.4, -0.2) is 37.4 Å². The van der Waals surface area contributed by atoms with Gasteiger partial charge in [-0.05, 0) is 55.3 Å². The highest BCUT2D eigenvalue weighted by molar-refractivity contribution is 5.95.